The third-order valence-corrected chi connectivity index (χ3v) is 11.0. The van der Waals surface area contributed by atoms with E-state index < -0.39 is 0 Å². The lowest BCUT2D eigenvalue weighted by Gasteiger charge is -2.27. The molecule has 1 N–H and O–H groups in total. The van der Waals surface area contributed by atoms with Crippen LogP contribution in [0.15, 0.2) is 120 Å². The number of aromatic hydroxyl groups is 1. The Hall–Kier alpha value is -5.06. The van der Waals surface area contributed by atoms with Crippen molar-refractivity contribution in [1.29, 1.82) is 0 Å². The normalized spacial score (nSPS) is 12.7. The third kappa shape index (κ3) is 6.80. The summed E-state index contributed by atoms with van der Waals surface area (Å²) in [6.07, 6.45) is 1.82. The van der Waals surface area contributed by atoms with Crippen molar-refractivity contribution in [2.45, 2.75) is 78.6 Å². The van der Waals surface area contributed by atoms with Crippen LogP contribution in [0.5, 0.6) is 5.75 Å². The monoisotopic (exact) mass is 700 g/mol. The van der Waals surface area contributed by atoms with Gasteiger partial charge in [0, 0.05) is 28.5 Å². The van der Waals surface area contributed by atoms with Crippen molar-refractivity contribution < 1.29 is 5.11 Å². The number of phenols is 1. The molecule has 0 saturated heterocycles. The van der Waals surface area contributed by atoms with E-state index in [2.05, 4.69) is 159 Å². The summed E-state index contributed by atoms with van der Waals surface area (Å²) < 4.78 is 1.15. The van der Waals surface area contributed by atoms with Crippen molar-refractivity contribution >= 4 is 44.2 Å². The maximum Gasteiger partial charge on any atom is 0.128 e. The first-order valence-corrected chi connectivity index (χ1v) is 19.0. The molecule has 0 radical (unpaired) electrons. The van der Waals surface area contributed by atoms with Crippen molar-refractivity contribution in [3.8, 4) is 38.6 Å². The quantitative estimate of drug-likeness (QED) is 0.182. The summed E-state index contributed by atoms with van der Waals surface area (Å²) in [7, 11) is 0. The molecule has 7 rings (SSSR count). The number of hydrogen-bond acceptors (Lipinski definition) is 4. The van der Waals surface area contributed by atoms with Crippen LogP contribution in [0.25, 0.3) is 53.8 Å². The van der Waals surface area contributed by atoms with Crippen molar-refractivity contribution in [3.63, 3.8) is 0 Å². The van der Waals surface area contributed by atoms with Gasteiger partial charge in [-0.2, -0.15) is 0 Å². The zero-order valence-corrected chi connectivity index (χ0v) is 32.6. The van der Waals surface area contributed by atoms with Crippen molar-refractivity contribution in [2.24, 2.45) is 4.99 Å². The van der Waals surface area contributed by atoms with Gasteiger partial charge in [0.15, 0.2) is 0 Å². The lowest BCUT2D eigenvalue weighted by atomic mass is 9.79. The molecular formula is C48H48N2OS. The lowest BCUT2D eigenvalue weighted by molar-refractivity contribution is 0.444. The van der Waals surface area contributed by atoms with Crippen LogP contribution in [-0.2, 0) is 16.2 Å². The second kappa shape index (κ2) is 13.2. The first kappa shape index (κ1) is 35.3. The largest absolute Gasteiger partial charge is 0.507 e. The fourth-order valence-corrected chi connectivity index (χ4v) is 7.92. The van der Waals surface area contributed by atoms with Crippen LogP contribution in [0.2, 0.25) is 0 Å². The van der Waals surface area contributed by atoms with Gasteiger partial charge in [0.05, 0.1) is 15.9 Å². The molecule has 7 aromatic rings. The molecule has 6 aromatic carbocycles. The molecule has 0 atom stereocenters. The molecule has 0 amide bonds. The Morgan fingerprint density at radius 1 is 0.577 bits per heavy atom. The average Bonchev–Trinajstić information content (AvgIpc) is 3.54. The summed E-state index contributed by atoms with van der Waals surface area (Å²) in [5, 5.41) is 14.8. The average molecular weight is 701 g/mol. The molecule has 0 aliphatic carbocycles. The second-order valence-corrected chi connectivity index (χ2v) is 18.0. The number of benzene rings is 6. The summed E-state index contributed by atoms with van der Waals surface area (Å²) in [5.41, 5.74) is 11.3. The van der Waals surface area contributed by atoms with E-state index in [-0.39, 0.29) is 22.0 Å². The van der Waals surface area contributed by atoms with Gasteiger partial charge in [0.1, 0.15) is 10.8 Å². The van der Waals surface area contributed by atoms with Gasteiger partial charge in [-0.3, -0.25) is 4.99 Å². The minimum atomic E-state index is -0.219. The molecule has 52 heavy (non-hydrogen) atoms. The highest BCUT2D eigenvalue weighted by Crippen LogP contribution is 2.44. The molecule has 0 aliphatic heterocycles. The van der Waals surface area contributed by atoms with Crippen molar-refractivity contribution in [2.75, 3.05) is 0 Å². The van der Waals surface area contributed by atoms with Crippen molar-refractivity contribution in [3.05, 3.63) is 138 Å². The molecule has 0 aliphatic rings. The Morgan fingerprint density at radius 3 is 1.85 bits per heavy atom. The fourth-order valence-electron chi connectivity index (χ4n) is 6.85. The van der Waals surface area contributed by atoms with E-state index in [4.69, 9.17) is 9.98 Å². The molecule has 0 spiro atoms. The number of aliphatic imine (C=N–C) groups is 1. The highest BCUT2D eigenvalue weighted by Gasteiger charge is 2.25. The molecule has 3 nitrogen and oxygen atoms in total. The van der Waals surface area contributed by atoms with Crippen LogP contribution in [0.3, 0.4) is 0 Å². The molecule has 0 bridgehead atoms. The van der Waals surface area contributed by atoms with Gasteiger partial charge in [-0.05, 0) is 85.2 Å². The zero-order valence-electron chi connectivity index (χ0n) is 31.8. The third-order valence-electron chi connectivity index (χ3n) is 9.95. The second-order valence-electron chi connectivity index (χ2n) is 16.9. The van der Waals surface area contributed by atoms with Gasteiger partial charge in [-0.1, -0.05) is 147 Å². The zero-order chi connectivity index (χ0) is 37.0. The predicted octanol–water partition coefficient (Wildman–Crippen LogP) is 13.8. The number of rotatable bonds is 5. The van der Waals surface area contributed by atoms with Crippen LogP contribution >= 0.6 is 11.3 Å². The first-order valence-electron chi connectivity index (χ1n) is 18.1. The Bertz CT molecular complexity index is 2470. The first-order chi connectivity index (χ1) is 24.6. The number of aromatic nitrogens is 1. The van der Waals surface area contributed by atoms with Gasteiger partial charge in [0.2, 0.25) is 0 Å². The Morgan fingerprint density at radius 2 is 1.17 bits per heavy atom. The minimum Gasteiger partial charge on any atom is -0.507 e. The lowest BCUT2D eigenvalue weighted by Crippen LogP contribution is -2.17. The van der Waals surface area contributed by atoms with E-state index in [1.54, 1.807) is 11.3 Å². The molecule has 0 unspecified atom stereocenters. The van der Waals surface area contributed by atoms with E-state index in [9.17, 15) is 5.11 Å². The summed E-state index contributed by atoms with van der Waals surface area (Å²) in [6, 6.07) is 40.9. The topological polar surface area (TPSA) is 45.5 Å². The number of phenolic OH excluding ortho intramolecular Hbond substituents is 1. The van der Waals surface area contributed by atoms with Crippen LogP contribution in [-0.4, -0.2) is 16.3 Å². The summed E-state index contributed by atoms with van der Waals surface area (Å²) in [4.78, 5) is 10.4. The Kier molecular flexibility index (Phi) is 8.95. The van der Waals surface area contributed by atoms with Crippen molar-refractivity contribution in [1.82, 2.24) is 4.98 Å². The standard InChI is InChI=1S/C48H48N2OS/c1-46(2,3)32-25-31(44(51)40(27-32)48(7,8)9)29-49-41-22-16-15-21-38(41)45-50-43-39(26-33(47(4,5)6)28-42(43)52-45)37-24-23-34(30-17-11-10-12-18-30)35-19-13-14-20-36(35)37/h10-29,51H,1-9H3. The predicted molar refractivity (Wildman–Crippen MR) is 225 cm³/mol. The van der Waals surface area contributed by atoms with Gasteiger partial charge in [0.25, 0.3) is 0 Å². The van der Waals surface area contributed by atoms with Gasteiger partial charge >= 0.3 is 0 Å². The van der Waals surface area contributed by atoms with E-state index in [0.29, 0.717) is 0 Å². The maximum atomic E-state index is 11.5. The maximum absolute atomic E-state index is 11.5. The SMILES string of the molecule is CC(C)(C)c1cc(C=Nc2ccccc2-c2nc3c(-c4ccc(-c5ccccc5)c5ccccc45)cc(C(C)(C)C)cc3s2)c(O)c(C(C)(C)C)c1. The summed E-state index contributed by atoms with van der Waals surface area (Å²) >= 11 is 1.71. The van der Waals surface area contributed by atoms with E-state index in [1.165, 1.54) is 38.6 Å². The summed E-state index contributed by atoms with van der Waals surface area (Å²) in [5.74, 6) is 0.284. The van der Waals surface area contributed by atoms with E-state index >= 15 is 0 Å². The highest BCUT2D eigenvalue weighted by atomic mass is 32.1. The van der Waals surface area contributed by atoms with Crippen LogP contribution < -0.4 is 0 Å². The van der Waals surface area contributed by atoms with Gasteiger partial charge in [-0.15, -0.1) is 11.3 Å². The van der Waals surface area contributed by atoms with Crippen LogP contribution in [0.1, 0.15) is 84.6 Å². The molecule has 0 saturated carbocycles. The van der Waals surface area contributed by atoms with Gasteiger partial charge in [-0.25, -0.2) is 4.98 Å². The number of para-hydroxylation sites is 1. The molecule has 1 aromatic heterocycles. The van der Waals surface area contributed by atoms with Crippen LogP contribution in [0, 0.1) is 0 Å². The summed E-state index contributed by atoms with van der Waals surface area (Å²) in [6.45, 7) is 19.8. The molecule has 262 valence electrons. The smallest absolute Gasteiger partial charge is 0.128 e. The van der Waals surface area contributed by atoms with E-state index in [0.717, 1.165) is 43.2 Å². The Labute approximate surface area is 312 Å². The number of fused-ring (bicyclic) bond motifs is 2. The van der Waals surface area contributed by atoms with Gasteiger partial charge < -0.3 is 5.11 Å². The molecule has 4 heteroatoms. The molecular weight excluding hydrogens is 653 g/mol. The molecule has 0 fully saturated rings. The molecule has 1 heterocycles. The Balaban J connectivity index is 1.39. The van der Waals surface area contributed by atoms with E-state index in [1.807, 2.05) is 24.4 Å². The number of hydrogen-bond donors (Lipinski definition) is 1. The fraction of sp³-hybridized carbons (Fsp3) is 0.250. The number of nitrogens with zero attached hydrogens (tertiary/aromatic N) is 2. The van der Waals surface area contributed by atoms with Crippen LogP contribution in [0.4, 0.5) is 5.69 Å². The highest BCUT2D eigenvalue weighted by molar-refractivity contribution is 7.21. The number of thiazole rings is 1. The minimum absolute atomic E-state index is 0.0510.